The number of hydrogen-bond donors (Lipinski definition) is 0. The van der Waals surface area contributed by atoms with Crippen LogP contribution in [0.3, 0.4) is 0 Å². The van der Waals surface area contributed by atoms with Gasteiger partial charge in [0.15, 0.2) is 0 Å². The third-order valence-electron chi connectivity index (χ3n) is 5.70. The second-order valence-electron chi connectivity index (χ2n) is 7.65. The van der Waals surface area contributed by atoms with Crippen molar-refractivity contribution in [3.05, 3.63) is 28.8 Å². The molecule has 1 aromatic rings. The summed E-state index contributed by atoms with van der Waals surface area (Å²) < 4.78 is 5.65. The van der Waals surface area contributed by atoms with Gasteiger partial charge in [0, 0.05) is 32.6 Å². The molecular formula is C20H29ClN2O2. The van der Waals surface area contributed by atoms with Gasteiger partial charge >= 0.3 is 0 Å². The van der Waals surface area contributed by atoms with E-state index in [1.54, 1.807) is 0 Å². The monoisotopic (exact) mass is 364 g/mol. The van der Waals surface area contributed by atoms with Crippen LogP contribution in [-0.2, 0) is 11.3 Å². The molecule has 1 saturated heterocycles. The number of amides is 1. The van der Waals surface area contributed by atoms with E-state index in [2.05, 4.69) is 24.9 Å². The highest BCUT2D eigenvalue weighted by molar-refractivity contribution is 6.32. The number of halogens is 1. The zero-order valence-corrected chi connectivity index (χ0v) is 16.3. The first-order chi connectivity index (χ1) is 12.0. The molecule has 0 bridgehead atoms. The Morgan fingerprint density at radius 3 is 2.80 bits per heavy atom. The third-order valence-corrected chi connectivity index (χ3v) is 6.00. The van der Waals surface area contributed by atoms with E-state index in [-0.39, 0.29) is 0 Å². The lowest BCUT2D eigenvalue weighted by Gasteiger charge is -2.31. The van der Waals surface area contributed by atoms with Crippen LogP contribution in [0.4, 0.5) is 0 Å². The summed E-state index contributed by atoms with van der Waals surface area (Å²) in [7, 11) is 4.11. The highest BCUT2D eigenvalue weighted by Crippen LogP contribution is 2.40. The van der Waals surface area contributed by atoms with Gasteiger partial charge in [0.05, 0.1) is 11.6 Å². The van der Waals surface area contributed by atoms with Gasteiger partial charge in [-0.2, -0.15) is 0 Å². The fraction of sp³-hybridized carbons (Fsp3) is 0.650. The van der Waals surface area contributed by atoms with E-state index in [0.717, 1.165) is 38.1 Å². The van der Waals surface area contributed by atoms with Crippen LogP contribution in [0.2, 0.25) is 5.02 Å². The highest BCUT2D eigenvalue weighted by Gasteiger charge is 2.41. The quantitative estimate of drug-likeness (QED) is 0.769. The first-order valence-electron chi connectivity index (χ1n) is 9.33. The van der Waals surface area contributed by atoms with Crippen LogP contribution >= 0.6 is 11.6 Å². The maximum Gasteiger partial charge on any atom is 0.222 e. The van der Waals surface area contributed by atoms with Crippen molar-refractivity contribution in [3.63, 3.8) is 0 Å². The number of nitrogens with zero attached hydrogens (tertiary/aromatic N) is 2. The minimum atomic E-state index is 0.305. The van der Waals surface area contributed by atoms with E-state index in [1.165, 1.54) is 12.0 Å². The maximum atomic E-state index is 11.9. The molecule has 1 amide bonds. The molecule has 1 saturated carbocycles. The van der Waals surface area contributed by atoms with Crippen molar-refractivity contribution in [2.45, 2.75) is 45.2 Å². The van der Waals surface area contributed by atoms with E-state index >= 15 is 0 Å². The first kappa shape index (κ1) is 18.5. The van der Waals surface area contributed by atoms with Crippen molar-refractivity contribution in [1.29, 1.82) is 0 Å². The van der Waals surface area contributed by atoms with E-state index in [9.17, 15) is 4.79 Å². The van der Waals surface area contributed by atoms with Gasteiger partial charge in [-0.1, -0.05) is 24.6 Å². The van der Waals surface area contributed by atoms with Crippen molar-refractivity contribution in [3.8, 4) is 5.75 Å². The summed E-state index contributed by atoms with van der Waals surface area (Å²) in [5.74, 6) is 2.29. The van der Waals surface area contributed by atoms with Crippen LogP contribution < -0.4 is 4.74 Å². The topological polar surface area (TPSA) is 32.8 Å². The molecule has 0 aromatic heterocycles. The summed E-state index contributed by atoms with van der Waals surface area (Å²) in [6, 6.07) is 6.64. The van der Waals surface area contributed by atoms with Gasteiger partial charge in [0.25, 0.3) is 0 Å². The Morgan fingerprint density at radius 1 is 1.32 bits per heavy atom. The zero-order chi connectivity index (χ0) is 18.0. The number of rotatable bonds is 6. The summed E-state index contributed by atoms with van der Waals surface area (Å²) in [6.45, 7) is 4.57. The molecule has 5 heteroatoms. The van der Waals surface area contributed by atoms with Crippen molar-refractivity contribution >= 4 is 17.5 Å². The molecule has 0 spiro atoms. The molecule has 1 heterocycles. The standard InChI is InChI=1S/C20H29ClN2O2/c1-4-7-25-19-6-5-14(8-18(19)21)12-22(2)17-9-15-11-20(24)23(3)13-16(15)10-17/h5-6,8,15-17H,4,7,9-13H2,1-3H3/t15-,16+,17-/m1/s1. The number of carbonyl (C=O) groups excluding carboxylic acids is 1. The van der Waals surface area contributed by atoms with Gasteiger partial charge < -0.3 is 9.64 Å². The normalized spacial score (nSPS) is 26.2. The number of fused-ring (bicyclic) bond motifs is 1. The fourth-order valence-corrected chi connectivity index (χ4v) is 4.49. The lowest BCUT2D eigenvalue weighted by molar-refractivity contribution is -0.134. The average molecular weight is 365 g/mol. The Balaban J connectivity index is 1.58. The van der Waals surface area contributed by atoms with Gasteiger partial charge in [0.1, 0.15) is 5.75 Å². The Kier molecular flexibility index (Phi) is 5.90. The molecule has 1 aliphatic carbocycles. The van der Waals surface area contributed by atoms with Gasteiger partial charge in [0.2, 0.25) is 5.91 Å². The number of hydrogen-bond acceptors (Lipinski definition) is 3. The molecule has 1 aliphatic heterocycles. The first-order valence-corrected chi connectivity index (χ1v) is 9.71. The van der Waals surface area contributed by atoms with Crippen LogP contribution in [0, 0.1) is 11.8 Å². The average Bonchev–Trinajstić information content (AvgIpc) is 2.97. The van der Waals surface area contributed by atoms with Crippen molar-refractivity contribution in [2.24, 2.45) is 11.8 Å². The van der Waals surface area contributed by atoms with Crippen LogP contribution in [0.15, 0.2) is 18.2 Å². The van der Waals surface area contributed by atoms with Crippen LogP contribution in [-0.4, -0.2) is 49.0 Å². The summed E-state index contributed by atoms with van der Waals surface area (Å²) in [6.07, 6.45) is 4.01. The molecule has 0 radical (unpaired) electrons. The van der Waals surface area contributed by atoms with Crippen molar-refractivity contribution in [1.82, 2.24) is 9.80 Å². The predicted octanol–water partition coefficient (Wildman–Crippen LogP) is 3.82. The van der Waals surface area contributed by atoms with Crippen LogP contribution in [0.1, 0.15) is 38.2 Å². The molecule has 25 heavy (non-hydrogen) atoms. The molecule has 1 aromatic carbocycles. The number of carbonyl (C=O) groups is 1. The second-order valence-corrected chi connectivity index (χ2v) is 8.06. The lowest BCUT2D eigenvalue weighted by Crippen LogP contribution is -2.39. The molecule has 2 fully saturated rings. The second kappa shape index (κ2) is 7.96. The van der Waals surface area contributed by atoms with Crippen LogP contribution in [0.25, 0.3) is 0 Å². The van der Waals surface area contributed by atoms with Gasteiger partial charge in [-0.3, -0.25) is 9.69 Å². The van der Waals surface area contributed by atoms with Gasteiger partial charge in [-0.15, -0.1) is 0 Å². The summed E-state index contributed by atoms with van der Waals surface area (Å²) >= 11 is 6.35. The van der Waals surface area contributed by atoms with Gasteiger partial charge in [-0.05, 0) is 55.8 Å². The maximum absolute atomic E-state index is 11.9. The summed E-state index contributed by atoms with van der Waals surface area (Å²) in [5, 5.41) is 0.687. The minimum absolute atomic E-state index is 0.305. The fourth-order valence-electron chi connectivity index (χ4n) is 4.24. The Labute approximate surface area is 156 Å². The third kappa shape index (κ3) is 4.29. The largest absolute Gasteiger partial charge is 0.492 e. The SMILES string of the molecule is CCCOc1ccc(CN(C)[C@@H]2C[C@@H]3CC(=O)N(C)C[C@@H]3C2)cc1Cl. The Morgan fingerprint density at radius 2 is 2.08 bits per heavy atom. The Bertz CT molecular complexity index is 622. The number of piperidine rings is 1. The Hall–Kier alpha value is -1.26. The van der Waals surface area contributed by atoms with Crippen molar-refractivity contribution in [2.75, 3.05) is 27.2 Å². The molecule has 0 N–H and O–H groups in total. The molecule has 3 atom stereocenters. The molecule has 0 unspecified atom stereocenters. The highest BCUT2D eigenvalue weighted by atomic mass is 35.5. The molecule has 138 valence electrons. The van der Waals surface area contributed by atoms with Crippen molar-refractivity contribution < 1.29 is 9.53 Å². The minimum Gasteiger partial charge on any atom is -0.492 e. The van der Waals surface area contributed by atoms with E-state index in [1.807, 2.05) is 24.1 Å². The molecule has 3 rings (SSSR count). The molecule has 2 aliphatic rings. The number of likely N-dealkylation sites (tertiary alicyclic amines) is 1. The number of ether oxygens (including phenoxy) is 1. The van der Waals surface area contributed by atoms with E-state index in [4.69, 9.17) is 16.3 Å². The smallest absolute Gasteiger partial charge is 0.222 e. The summed E-state index contributed by atoms with van der Waals surface area (Å²) in [5.41, 5.74) is 1.21. The predicted molar refractivity (Wildman–Crippen MR) is 101 cm³/mol. The molecule has 4 nitrogen and oxygen atoms in total. The van der Waals surface area contributed by atoms with Gasteiger partial charge in [-0.25, -0.2) is 0 Å². The number of benzene rings is 1. The van der Waals surface area contributed by atoms with Crippen LogP contribution in [0.5, 0.6) is 5.75 Å². The lowest BCUT2D eigenvalue weighted by atomic mass is 9.88. The van der Waals surface area contributed by atoms with E-state index < -0.39 is 0 Å². The summed E-state index contributed by atoms with van der Waals surface area (Å²) in [4.78, 5) is 16.3. The zero-order valence-electron chi connectivity index (χ0n) is 15.5. The van der Waals surface area contributed by atoms with E-state index in [0.29, 0.717) is 35.4 Å². The molecular weight excluding hydrogens is 336 g/mol.